The number of hydrogen-bond donors (Lipinski definition) is 1. The molecule has 1 saturated heterocycles. The summed E-state index contributed by atoms with van der Waals surface area (Å²) in [5.41, 5.74) is 0.997. The molecule has 35 heavy (non-hydrogen) atoms. The Balaban J connectivity index is 1.09. The van der Waals surface area contributed by atoms with Gasteiger partial charge in [-0.05, 0) is 65.7 Å². The first kappa shape index (κ1) is 23.6. The fourth-order valence-electron chi connectivity index (χ4n) is 5.36. The lowest BCUT2D eigenvalue weighted by molar-refractivity contribution is -0.116. The van der Waals surface area contributed by atoms with Crippen molar-refractivity contribution in [2.45, 2.75) is 19.3 Å². The van der Waals surface area contributed by atoms with Crippen LogP contribution in [0.1, 0.15) is 24.8 Å². The zero-order chi connectivity index (χ0) is 24.0. The highest BCUT2D eigenvalue weighted by Gasteiger charge is 2.30. The molecule has 3 aromatic rings. The van der Waals surface area contributed by atoms with Crippen molar-refractivity contribution >= 4 is 45.1 Å². The highest BCUT2D eigenvalue weighted by molar-refractivity contribution is 7.13. The molecule has 2 aliphatic rings. The SMILES string of the molecule is O=Nc1ccccc1/C=C/C(=O)NC[C@H]1CCC[C@@H]1CN1CCN(c2nsc3ccccc23)CC1. The number of aromatic nitrogens is 1. The first-order chi connectivity index (χ1) is 17.2. The molecule has 0 unspecified atom stereocenters. The molecule has 7 nitrogen and oxygen atoms in total. The second kappa shape index (κ2) is 11.1. The van der Waals surface area contributed by atoms with E-state index in [-0.39, 0.29) is 5.91 Å². The van der Waals surface area contributed by atoms with E-state index < -0.39 is 0 Å². The lowest BCUT2D eigenvalue weighted by Crippen LogP contribution is -2.48. The van der Waals surface area contributed by atoms with Crippen molar-refractivity contribution < 1.29 is 4.79 Å². The first-order valence-corrected chi connectivity index (χ1v) is 13.2. The molecule has 1 saturated carbocycles. The Bertz CT molecular complexity index is 1200. The van der Waals surface area contributed by atoms with Crippen LogP contribution in [0.5, 0.6) is 0 Å². The minimum absolute atomic E-state index is 0.125. The van der Waals surface area contributed by atoms with Crippen LogP contribution in [0.3, 0.4) is 0 Å². The molecule has 1 aliphatic heterocycles. The number of hydrogen-bond acceptors (Lipinski definition) is 7. The molecular weight excluding hydrogens is 458 g/mol. The molecule has 8 heteroatoms. The highest BCUT2D eigenvalue weighted by Crippen LogP contribution is 2.33. The van der Waals surface area contributed by atoms with Gasteiger partial charge in [-0.1, -0.05) is 36.8 Å². The Hall–Kier alpha value is -3.10. The molecule has 0 radical (unpaired) electrons. The van der Waals surface area contributed by atoms with Crippen molar-refractivity contribution in [1.29, 1.82) is 0 Å². The molecule has 1 aromatic heterocycles. The lowest BCUT2D eigenvalue weighted by atomic mass is 9.95. The molecule has 1 N–H and O–H groups in total. The first-order valence-electron chi connectivity index (χ1n) is 12.4. The van der Waals surface area contributed by atoms with Gasteiger partial charge in [-0.15, -0.1) is 4.91 Å². The van der Waals surface area contributed by atoms with E-state index in [1.54, 1.807) is 35.8 Å². The van der Waals surface area contributed by atoms with Gasteiger partial charge in [-0.25, -0.2) is 0 Å². The number of piperazine rings is 1. The third-order valence-corrected chi connectivity index (χ3v) is 8.14. The fourth-order valence-corrected chi connectivity index (χ4v) is 6.16. The average Bonchev–Trinajstić information content (AvgIpc) is 3.53. The predicted octanol–water partition coefficient (Wildman–Crippen LogP) is 5.06. The Labute approximate surface area is 210 Å². The van der Waals surface area contributed by atoms with E-state index in [9.17, 15) is 9.70 Å². The Morgan fingerprint density at radius 2 is 1.83 bits per heavy atom. The van der Waals surface area contributed by atoms with Gasteiger partial charge in [0.1, 0.15) is 11.5 Å². The topological polar surface area (TPSA) is 77.9 Å². The molecule has 182 valence electrons. The van der Waals surface area contributed by atoms with Crippen LogP contribution < -0.4 is 10.2 Å². The van der Waals surface area contributed by atoms with Crippen LogP contribution in [0.15, 0.2) is 59.8 Å². The summed E-state index contributed by atoms with van der Waals surface area (Å²) in [5.74, 6) is 2.13. The minimum atomic E-state index is -0.125. The average molecular weight is 490 g/mol. The summed E-state index contributed by atoms with van der Waals surface area (Å²) >= 11 is 1.58. The van der Waals surface area contributed by atoms with Crippen LogP contribution in [-0.4, -0.2) is 54.4 Å². The van der Waals surface area contributed by atoms with Gasteiger partial charge < -0.3 is 10.2 Å². The molecule has 2 heterocycles. The van der Waals surface area contributed by atoms with Crippen LogP contribution in [0, 0.1) is 16.7 Å². The number of carbonyl (C=O) groups excluding carboxylic acids is 1. The normalized spacial score (nSPS) is 21.1. The number of nitrogens with zero attached hydrogens (tertiary/aromatic N) is 4. The molecule has 5 rings (SSSR count). The molecule has 2 atom stereocenters. The zero-order valence-electron chi connectivity index (χ0n) is 19.8. The number of benzene rings is 2. The summed E-state index contributed by atoms with van der Waals surface area (Å²) in [6.45, 7) is 5.91. The van der Waals surface area contributed by atoms with E-state index in [1.807, 2.05) is 6.07 Å². The Morgan fingerprint density at radius 1 is 1.06 bits per heavy atom. The van der Waals surface area contributed by atoms with Crippen LogP contribution in [0.2, 0.25) is 0 Å². The number of fused-ring (bicyclic) bond motifs is 1. The van der Waals surface area contributed by atoms with Crippen molar-refractivity contribution in [3.63, 3.8) is 0 Å². The van der Waals surface area contributed by atoms with Crippen molar-refractivity contribution in [1.82, 2.24) is 14.6 Å². The van der Waals surface area contributed by atoms with E-state index in [2.05, 4.69) is 44.6 Å². The Kier molecular flexibility index (Phi) is 7.49. The van der Waals surface area contributed by atoms with Gasteiger partial charge in [0.2, 0.25) is 5.91 Å². The van der Waals surface area contributed by atoms with Gasteiger partial charge in [-0.2, -0.15) is 4.37 Å². The van der Waals surface area contributed by atoms with E-state index in [4.69, 9.17) is 4.37 Å². The van der Waals surface area contributed by atoms with Gasteiger partial charge in [0.25, 0.3) is 0 Å². The quantitative estimate of drug-likeness (QED) is 0.353. The van der Waals surface area contributed by atoms with Gasteiger partial charge in [-0.3, -0.25) is 9.69 Å². The standard InChI is InChI=1S/C27H31N5O2S/c33-26(13-12-20-6-1-3-10-24(20)29-34)28-18-21-7-5-8-22(21)19-31-14-16-32(17-15-31)27-23-9-2-4-11-25(23)35-30-27/h1-4,6,9-13,21-22H,5,7-8,14-19H2,(H,28,33)/b13-12+/t21-,22-/m1/s1. The molecule has 1 aliphatic carbocycles. The largest absolute Gasteiger partial charge is 0.353 e. The predicted molar refractivity (Wildman–Crippen MR) is 143 cm³/mol. The van der Waals surface area contributed by atoms with Crippen molar-refractivity contribution in [3.8, 4) is 0 Å². The monoisotopic (exact) mass is 489 g/mol. The summed E-state index contributed by atoms with van der Waals surface area (Å²) < 4.78 is 5.98. The maximum atomic E-state index is 12.4. The van der Waals surface area contributed by atoms with E-state index in [1.165, 1.54) is 29.0 Å². The molecule has 0 spiro atoms. The third-order valence-electron chi connectivity index (χ3n) is 7.33. The smallest absolute Gasteiger partial charge is 0.244 e. The number of anilines is 1. The summed E-state index contributed by atoms with van der Waals surface area (Å²) in [7, 11) is 0. The van der Waals surface area contributed by atoms with E-state index in [0.717, 1.165) is 45.0 Å². The number of amides is 1. The summed E-state index contributed by atoms with van der Waals surface area (Å²) in [6.07, 6.45) is 6.77. The van der Waals surface area contributed by atoms with Gasteiger partial charge in [0.15, 0.2) is 0 Å². The Morgan fingerprint density at radius 3 is 2.69 bits per heavy atom. The minimum Gasteiger partial charge on any atom is -0.353 e. The maximum Gasteiger partial charge on any atom is 0.244 e. The number of carbonyl (C=O) groups is 1. The molecule has 2 fully saturated rings. The van der Waals surface area contributed by atoms with E-state index >= 15 is 0 Å². The van der Waals surface area contributed by atoms with Gasteiger partial charge in [0.05, 0.1) is 4.70 Å². The maximum absolute atomic E-state index is 12.4. The molecule has 2 aromatic carbocycles. The number of nitroso groups, excluding NO2 is 1. The second-order valence-corrected chi connectivity index (χ2v) is 10.3. The molecule has 1 amide bonds. The molecular formula is C27H31N5O2S. The third kappa shape index (κ3) is 5.60. The molecule has 0 bridgehead atoms. The highest BCUT2D eigenvalue weighted by atomic mass is 32.1. The summed E-state index contributed by atoms with van der Waals surface area (Å²) in [5, 5.41) is 7.35. The number of nitrogens with one attached hydrogen (secondary N) is 1. The van der Waals surface area contributed by atoms with Crippen LogP contribution in [-0.2, 0) is 4.79 Å². The summed E-state index contributed by atoms with van der Waals surface area (Å²) in [4.78, 5) is 28.3. The number of rotatable bonds is 8. The summed E-state index contributed by atoms with van der Waals surface area (Å²) in [6, 6.07) is 15.5. The fraction of sp³-hybridized carbons (Fsp3) is 0.407. The van der Waals surface area contributed by atoms with Crippen molar-refractivity contribution in [3.05, 3.63) is 65.1 Å². The van der Waals surface area contributed by atoms with Crippen LogP contribution >= 0.6 is 11.5 Å². The van der Waals surface area contributed by atoms with Crippen molar-refractivity contribution in [2.24, 2.45) is 17.0 Å². The zero-order valence-corrected chi connectivity index (χ0v) is 20.6. The van der Waals surface area contributed by atoms with Gasteiger partial charge in [0, 0.05) is 56.3 Å². The van der Waals surface area contributed by atoms with Gasteiger partial charge >= 0.3 is 0 Å². The van der Waals surface area contributed by atoms with E-state index in [0.29, 0.717) is 29.6 Å². The van der Waals surface area contributed by atoms with Crippen molar-refractivity contribution in [2.75, 3.05) is 44.2 Å². The second-order valence-electron chi connectivity index (χ2n) is 9.47. The van der Waals surface area contributed by atoms with Crippen LogP contribution in [0.4, 0.5) is 11.5 Å². The lowest BCUT2D eigenvalue weighted by Gasteiger charge is -2.37. The van der Waals surface area contributed by atoms with Crippen LogP contribution in [0.25, 0.3) is 16.2 Å².